The molecule has 1 heterocycles. The van der Waals surface area contributed by atoms with Gasteiger partial charge in [-0.15, -0.1) is 0 Å². The molecule has 0 unspecified atom stereocenters. The van der Waals surface area contributed by atoms with Gasteiger partial charge in [-0.1, -0.05) is 36.6 Å². The first-order valence-electron chi connectivity index (χ1n) is 7.59. The van der Waals surface area contributed by atoms with Gasteiger partial charge in [-0.3, -0.25) is 0 Å². The fourth-order valence-corrected chi connectivity index (χ4v) is 2.90. The Labute approximate surface area is 124 Å². The van der Waals surface area contributed by atoms with Gasteiger partial charge in [0.05, 0.1) is 6.04 Å². The largest absolute Gasteiger partial charge is 0.508 e. The third-order valence-electron chi connectivity index (χ3n) is 4.14. The summed E-state index contributed by atoms with van der Waals surface area (Å²) >= 11 is 0. The number of aromatic nitrogens is 2. The maximum Gasteiger partial charge on any atom is 0.243 e. The van der Waals surface area contributed by atoms with Gasteiger partial charge in [0.25, 0.3) is 0 Å². The molecule has 21 heavy (non-hydrogen) atoms. The first-order valence-corrected chi connectivity index (χ1v) is 7.59. The van der Waals surface area contributed by atoms with Crippen LogP contribution in [0.4, 0.5) is 0 Å². The number of nitrogens with zero attached hydrogens (tertiary/aromatic N) is 2. The highest BCUT2D eigenvalue weighted by molar-refractivity contribution is 5.26. The van der Waals surface area contributed by atoms with Crippen LogP contribution in [0.5, 0.6) is 5.75 Å². The third-order valence-corrected chi connectivity index (χ3v) is 4.14. The van der Waals surface area contributed by atoms with Crippen LogP contribution in [0, 0.1) is 0 Å². The Hall–Kier alpha value is -1.88. The van der Waals surface area contributed by atoms with Crippen molar-refractivity contribution in [1.29, 1.82) is 0 Å². The molecule has 1 atom stereocenters. The summed E-state index contributed by atoms with van der Waals surface area (Å²) in [6, 6.07) is 6.72. The summed E-state index contributed by atoms with van der Waals surface area (Å²) in [4.78, 5) is 4.50. The number of phenolic OH excluding ortho intramolecular Hbond substituents is 1. The van der Waals surface area contributed by atoms with Crippen LogP contribution in [0.3, 0.4) is 0 Å². The molecule has 1 aromatic carbocycles. The predicted molar refractivity (Wildman–Crippen MR) is 78.9 cm³/mol. The molecule has 0 aliphatic heterocycles. The molecule has 1 aromatic heterocycles. The molecule has 5 nitrogen and oxygen atoms in total. The Morgan fingerprint density at radius 1 is 1.19 bits per heavy atom. The van der Waals surface area contributed by atoms with Gasteiger partial charge in [0.2, 0.25) is 5.89 Å². The van der Waals surface area contributed by atoms with Crippen LogP contribution in [-0.2, 0) is 6.42 Å². The Bertz CT molecular complexity index is 573. The molecule has 1 saturated carbocycles. The van der Waals surface area contributed by atoms with Crippen LogP contribution >= 0.6 is 0 Å². The standard InChI is InChI=1S/C16H21N3O2/c17-14(10-11-6-8-13(20)9-7-11)16-18-15(19-21-16)12-4-2-1-3-5-12/h6-9,12,14,20H,1-5,10,17H2/t14-/m1/s1. The Morgan fingerprint density at radius 3 is 2.62 bits per heavy atom. The van der Waals surface area contributed by atoms with Crippen molar-refractivity contribution >= 4 is 0 Å². The van der Waals surface area contributed by atoms with Crippen molar-refractivity contribution in [3.8, 4) is 5.75 Å². The third kappa shape index (κ3) is 3.42. The Kier molecular flexibility index (Phi) is 4.20. The quantitative estimate of drug-likeness (QED) is 0.902. The van der Waals surface area contributed by atoms with Gasteiger partial charge in [0, 0.05) is 5.92 Å². The topological polar surface area (TPSA) is 85.2 Å². The maximum absolute atomic E-state index is 9.28. The number of rotatable bonds is 4. The van der Waals surface area contributed by atoms with Crippen LogP contribution in [0.15, 0.2) is 28.8 Å². The average molecular weight is 287 g/mol. The minimum absolute atomic E-state index is 0.254. The number of benzene rings is 1. The van der Waals surface area contributed by atoms with Crippen molar-refractivity contribution in [2.75, 3.05) is 0 Å². The highest BCUT2D eigenvalue weighted by Gasteiger charge is 2.23. The number of aromatic hydroxyl groups is 1. The van der Waals surface area contributed by atoms with Crippen molar-refractivity contribution in [1.82, 2.24) is 10.1 Å². The molecule has 1 aliphatic carbocycles. The van der Waals surface area contributed by atoms with E-state index >= 15 is 0 Å². The van der Waals surface area contributed by atoms with E-state index in [0.29, 0.717) is 18.2 Å². The van der Waals surface area contributed by atoms with Crippen molar-refractivity contribution in [3.63, 3.8) is 0 Å². The molecular formula is C16H21N3O2. The maximum atomic E-state index is 9.28. The van der Waals surface area contributed by atoms with Crippen molar-refractivity contribution in [3.05, 3.63) is 41.5 Å². The Balaban J connectivity index is 1.65. The lowest BCUT2D eigenvalue weighted by Gasteiger charge is -2.17. The molecule has 1 fully saturated rings. The van der Waals surface area contributed by atoms with Crippen molar-refractivity contribution in [2.45, 2.75) is 50.5 Å². The average Bonchev–Trinajstić information content (AvgIpc) is 3.00. The molecule has 0 radical (unpaired) electrons. The van der Waals surface area contributed by atoms with E-state index in [0.717, 1.165) is 24.2 Å². The monoisotopic (exact) mass is 287 g/mol. The summed E-state index contributed by atoms with van der Waals surface area (Å²) in [5, 5.41) is 13.4. The zero-order chi connectivity index (χ0) is 14.7. The zero-order valence-electron chi connectivity index (χ0n) is 12.0. The second-order valence-corrected chi connectivity index (χ2v) is 5.80. The highest BCUT2D eigenvalue weighted by Crippen LogP contribution is 2.31. The highest BCUT2D eigenvalue weighted by atomic mass is 16.5. The van der Waals surface area contributed by atoms with E-state index in [1.165, 1.54) is 19.3 Å². The molecule has 3 N–H and O–H groups in total. The van der Waals surface area contributed by atoms with E-state index in [1.54, 1.807) is 12.1 Å². The molecule has 0 bridgehead atoms. The first kappa shape index (κ1) is 14.1. The summed E-state index contributed by atoms with van der Waals surface area (Å²) in [5.41, 5.74) is 7.19. The second kappa shape index (κ2) is 6.26. The van der Waals surface area contributed by atoms with Crippen LogP contribution in [-0.4, -0.2) is 15.2 Å². The summed E-state index contributed by atoms with van der Waals surface area (Å²) in [5.74, 6) is 2.00. The minimum Gasteiger partial charge on any atom is -0.508 e. The molecule has 1 aliphatic rings. The molecule has 0 saturated heterocycles. The lowest BCUT2D eigenvalue weighted by Crippen LogP contribution is -2.14. The molecule has 0 spiro atoms. The van der Waals surface area contributed by atoms with Crippen LogP contribution in [0.1, 0.15) is 61.3 Å². The van der Waals surface area contributed by atoms with Crippen LogP contribution in [0.2, 0.25) is 0 Å². The smallest absolute Gasteiger partial charge is 0.243 e. The lowest BCUT2D eigenvalue weighted by atomic mass is 9.89. The van der Waals surface area contributed by atoms with Crippen LogP contribution in [0.25, 0.3) is 0 Å². The van der Waals surface area contributed by atoms with Crippen molar-refractivity contribution < 1.29 is 9.63 Å². The summed E-state index contributed by atoms with van der Waals surface area (Å²) in [6.07, 6.45) is 6.70. The lowest BCUT2D eigenvalue weighted by molar-refractivity contribution is 0.341. The van der Waals surface area contributed by atoms with Gasteiger partial charge >= 0.3 is 0 Å². The molecular weight excluding hydrogens is 266 g/mol. The normalized spacial score (nSPS) is 17.8. The van der Waals surface area contributed by atoms with E-state index in [2.05, 4.69) is 10.1 Å². The molecule has 0 amide bonds. The SMILES string of the molecule is N[C@H](Cc1ccc(O)cc1)c1nc(C2CCCCC2)no1. The molecule has 5 heteroatoms. The summed E-state index contributed by atoms with van der Waals surface area (Å²) in [6.45, 7) is 0. The van der Waals surface area contributed by atoms with Gasteiger partial charge in [0.1, 0.15) is 5.75 Å². The zero-order valence-corrected chi connectivity index (χ0v) is 12.0. The summed E-state index contributed by atoms with van der Waals surface area (Å²) < 4.78 is 5.34. The van der Waals surface area contributed by atoms with Gasteiger partial charge in [-0.2, -0.15) is 4.98 Å². The van der Waals surface area contributed by atoms with Gasteiger partial charge in [-0.25, -0.2) is 0 Å². The van der Waals surface area contributed by atoms with E-state index in [9.17, 15) is 5.11 Å². The molecule has 112 valence electrons. The molecule has 3 rings (SSSR count). The fourth-order valence-electron chi connectivity index (χ4n) is 2.90. The van der Waals surface area contributed by atoms with Crippen LogP contribution < -0.4 is 5.73 Å². The predicted octanol–water partition coefficient (Wildman–Crippen LogP) is 3.07. The Morgan fingerprint density at radius 2 is 1.90 bits per heavy atom. The van der Waals surface area contributed by atoms with Gasteiger partial charge in [0.15, 0.2) is 5.82 Å². The fraction of sp³-hybridized carbons (Fsp3) is 0.500. The van der Waals surface area contributed by atoms with E-state index in [1.807, 2.05) is 12.1 Å². The van der Waals surface area contributed by atoms with Gasteiger partial charge in [-0.05, 0) is 37.0 Å². The minimum atomic E-state index is -0.306. The van der Waals surface area contributed by atoms with Crippen molar-refractivity contribution in [2.24, 2.45) is 5.73 Å². The second-order valence-electron chi connectivity index (χ2n) is 5.80. The van der Waals surface area contributed by atoms with E-state index < -0.39 is 0 Å². The molecule has 2 aromatic rings. The number of hydrogen-bond donors (Lipinski definition) is 2. The number of hydrogen-bond acceptors (Lipinski definition) is 5. The summed E-state index contributed by atoms with van der Waals surface area (Å²) in [7, 11) is 0. The van der Waals surface area contributed by atoms with Gasteiger partial charge < -0.3 is 15.4 Å². The first-order chi connectivity index (χ1) is 10.2. The number of nitrogens with two attached hydrogens (primary N) is 1. The van der Waals surface area contributed by atoms with E-state index in [4.69, 9.17) is 10.3 Å². The van der Waals surface area contributed by atoms with E-state index in [-0.39, 0.29) is 11.8 Å². The number of phenols is 1.